The van der Waals surface area contributed by atoms with Crippen LogP contribution in [-0.4, -0.2) is 5.97 Å². The summed E-state index contributed by atoms with van der Waals surface area (Å²) in [4.78, 5) is 10.8. The quantitative estimate of drug-likeness (QED) is 0.628. The molecule has 0 fully saturated rings. The third-order valence-electron chi connectivity index (χ3n) is 1.71. The van der Waals surface area contributed by atoms with Crippen molar-refractivity contribution in [3.8, 4) is 0 Å². The van der Waals surface area contributed by atoms with Crippen LogP contribution in [0.25, 0.3) is 0 Å². The summed E-state index contributed by atoms with van der Waals surface area (Å²) in [5.41, 5.74) is 2.08. The van der Waals surface area contributed by atoms with Crippen molar-refractivity contribution in [1.82, 2.24) is 0 Å². The number of hydrogen-bond donors (Lipinski definition) is 0. The molecule has 1 rings (SSSR count). The Hall–Kier alpha value is -0.350. The second-order valence-electron chi connectivity index (χ2n) is 2.76. The van der Waals surface area contributed by atoms with Gasteiger partial charge in [0.15, 0.2) is 5.01 Å². The first-order chi connectivity index (χ1) is 6.65. The van der Waals surface area contributed by atoms with Crippen molar-refractivity contribution >= 4 is 37.8 Å². The van der Waals surface area contributed by atoms with Gasteiger partial charge >= 0.3 is 5.97 Å². The van der Waals surface area contributed by atoms with E-state index in [-0.39, 0.29) is 11.0 Å². The fraction of sp³-hybridized carbons (Fsp3) is 0.300. The molecular weight excluding hydrogens is 312 g/mol. The average Bonchev–Trinajstić information content (AvgIpc) is 2.16. The summed E-state index contributed by atoms with van der Waals surface area (Å²) in [6, 6.07) is 7.79. The lowest BCUT2D eigenvalue weighted by Crippen LogP contribution is -2.04. The van der Waals surface area contributed by atoms with Gasteiger partial charge in [0.25, 0.3) is 0 Å². The molecule has 0 aromatic heterocycles. The minimum atomic E-state index is -0.367. The monoisotopic (exact) mass is 320 g/mol. The zero-order chi connectivity index (χ0) is 10.6. The van der Waals surface area contributed by atoms with Gasteiger partial charge in [0.1, 0.15) is 0 Å². The van der Waals surface area contributed by atoms with E-state index >= 15 is 0 Å². The maximum Gasteiger partial charge on any atom is 0.304 e. The second kappa shape index (κ2) is 5.51. The van der Waals surface area contributed by atoms with Crippen LogP contribution >= 0.6 is 31.9 Å². The first-order valence-corrected chi connectivity index (χ1v) is 6.14. The largest absolute Gasteiger partial charge is 0.446 e. The molecule has 1 aromatic carbocycles. The fourth-order valence-electron chi connectivity index (χ4n) is 1.09. The van der Waals surface area contributed by atoms with Gasteiger partial charge in [-0.05, 0) is 21.5 Å². The molecule has 1 unspecified atom stereocenters. The van der Waals surface area contributed by atoms with Crippen LogP contribution in [0.1, 0.15) is 23.1 Å². The minimum Gasteiger partial charge on any atom is -0.446 e. The van der Waals surface area contributed by atoms with Crippen LogP contribution in [0.4, 0.5) is 0 Å². The molecule has 0 heterocycles. The van der Waals surface area contributed by atoms with Crippen LogP contribution in [0, 0.1) is 0 Å². The first kappa shape index (κ1) is 11.7. The Morgan fingerprint density at radius 1 is 1.50 bits per heavy atom. The number of ether oxygens (including phenoxy) is 1. The Morgan fingerprint density at radius 3 is 2.71 bits per heavy atom. The number of rotatable bonds is 3. The Bertz CT molecular complexity index is 326. The third-order valence-corrected chi connectivity index (χ3v) is 3.00. The van der Waals surface area contributed by atoms with Crippen LogP contribution < -0.4 is 0 Å². The Morgan fingerprint density at radius 2 is 2.14 bits per heavy atom. The van der Waals surface area contributed by atoms with Crippen LogP contribution in [0.15, 0.2) is 24.3 Å². The fourth-order valence-corrected chi connectivity index (χ4v) is 2.31. The van der Waals surface area contributed by atoms with Gasteiger partial charge in [-0.3, -0.25) is 4.79 Å². The van der Waals surface area contributed by atoms with Gasteiger partial charge in [-0.25, -0.2) is 0 Å². The van der Waals surface area contributed by atoms with E-state index in [0.717, 1.165) is 16.5 Å². The highest BCUT2D eigenvalue weighted by atomic mass is 79.9. The lowest BCUT2D eigenvalue weighted by Gasteiger charge is -2.13. The van der Waals surface area contributed by atoms with Crippen molar-refractivity contribution in [2.24, 2.45) is 0 Å². The SMILES string of the molecule is CC(=O)OC(Br)c1ccccc1CBr. The van der Waals surface area contributed by atoms with Crippen molar-refractivity contribution in [3.63, 3.8) is 0 Å². The number of alkyl halides is 2. The zero-order valence-electron chi connectivity index (χ0n) is 7.67. The standard InChI is InChI=1S/C10H10Br2O2/c1-7(13)14-10(12)9-5-3-2-4-8(9)6-11/h2-5,10H,6H2,1H3. The molecule has 2 nitrogen and oxygen atoms in total. The van der Waals surface area contributed by atoms with E-state index in [2.05, 4.69) is 31.9 Å². The maximum absolute atomic E-state index is 10.8. The molecule has 76 valence electrons. The van der Waals surface area contributed by atoms with Gasteiger partial charge in [0, 0.05) is 17.8 Å². The Kier molecular flexibility index (Phi) is 4.62. The van der Waals surface area contributed by atoms with Crippen molar-refractivity contribution < 1.29 is 9.53 Å². The molecule has 1 atom stereocenters. The van der Waals surface area contributed by atoms with Crippen LogP contribution in [0.5, 0.6) is 0 Å². The number of benzene rings is 1. The Labute approximate surface area is 99.9 Å². The maximum atomic E-state index is 10.8. The van der Waals surface area contributed by atoms with E-state index in [0.29, 0.717) is 0 Å². The molecule has 1 aromatic rings. The number of halogens is 2. The number of carbonyl (C=O) groups is 1. The van der Waals surface area contributed by atoms with Crippen molar-refractivity contribution in [1.29, 1.82) is 0 Å². The second-order valence-corrected chi connectivity index (χ2v) is 4.15. The molecular formula is C10H10Br2O2. The molecule has 0 saturated carbocycles. The normalized spacial score (nSPS) is 12.2. The third kappa shape index (κ3) is 3.10. The van der Waals surface area contributed by atoms with Gasteiger partial charge in [-0.15, -0.1) is 0 Å². The smallest absolute Gasteiger partial charge is 0.304 e. The molecule has 4 heteroatoms. The summed E-state index contributed by atoms with van der Waals surface area (Å²) in [7, 11) is 0. The van der Waals surface area contributed by atoms with Crippen molar-refractivity contribution in [3.05, 3.63) is 35.4 Å². The molecule has 0 aliphatic carbocycles. The summed E-state index contributed by atoms with van der Waals surface area (Å²) >= 11 is 6.70. The molecule has 0 radical (unpaired) electrons. The number of esters is 1. The van der Waals surface area contributed by atoms with Gasteiger partial charge in [-0.1, -0.05) is 40.2 Å². The van der Waals surface area contributed by atoms with Crippen molar-refractivity contribution in [2.45, 2.75) is 17.3 Å². The van der Waals surface area contributed by atoms with E-state index < -0.39 is 0 Å². The molecule has 0 aliphatic heterocycles. The molecule has 0 N–H and O–H groups in total. The number of hydrogen-bond acceptors (Lipinski definition) is 2. The summed E-state index contributed by atoms with van der Waals surface area (Å²) in [5.74, 6) is -0.295. The van der Waals surface area contributed by atoms with Gasteiger partial charge in [0.05, 0.1) is 0 Å². The van der Waals surface area contributed by atoms with Gasteiger partial charge in [-0.2, -0.15) is 0 Å². The molecule has 0 saturated heterocycles. The van der Waals surface area contributed by atoms with E-state index in [1.165, 1.54) is 6.92 Å². The molecule has 0 bridgehead atoms. The van der Waals surface area contributed by atoms with Crippen LogP contribution in [-0.2, 0) is 14.9 Å². The van der Waals surface area contributed by atoms with E-state index in [1.807, 2.05) is 24.3 Å². The zero-order valence-corrected chi connectivity index (χ0v) is 10.8. The molecule has 0 spiro atoms. The molecule has 0 amide bonds. The van der Waals surface area contributed by atoms with E-state index in [4.69, 9.17) is 4.74 Å². The van der Waals surface area contributed by atoms with Gasteiger partial charge in [0.2, 0.25) is 0 Å². The van der Waals surface area contributed by atoms with Crippen LogP contribution in [0.3, 0.4) is 0 Å². The van der Waals surface area contributed by atoms with E-state index in [1.54, 1.807) is 0 Å². The number of carbonyl (C=O) groups excluding carboxylic acids is 1. The highest BCUT2D eigenvalue weighted by Crippen LogP contribution is 2.28. The minimum absolute atomic E-state index is 0.295. The predicted molar refractivity (Wildman–Crippen MR) is 62.5 cm³/mol. The van der Waals surface area contributed by atoms with Gasteiger partial charge < -0.3 is 4.74 Å². The summed E-state index contributed by atoms with van der Waals surface area (Å²) in [6.07, 6.45) is 0. The highest BCUT2D eigenvalue weighted by molar-refractivity contribution is 9.09. The van der Waals surface area contributed by atoms with E-state index in [9.17, 15) is 4.79 Å². The lowest BCUT2D eigenvalue weighted by atomic mass is 10.1. The molecule has 0 aliphatic rings. The predicted octanol–water partition coefficient (Wildman–Crippen LogP) is 3.54. The summed E-state index contributed by atoms with van der Waals surface area (Å²) in [5, 5.41) is 0.376. The van der Waals surface area contributed by atoms with Crippen LogP contribution in [0.2, 0.25) is 0 Å². The lowest BCUT2D eigenvalue weighted by molar-refractivity contribution is -0.142. The Balaban J connectivity index is 2.87. The summed E-state index contributed by atoms with van der Waals surface area (Å²) in [6.45, 7) is 1.39. The first-order valence-electron chi connectivity index (χ1n) is 4.10. The summed E-state index contributed by atoms with van der Waals surface area (Å²) < 4.78 is 5.04. The topological polar surface area (TPSA) is 26.3 Å². The average molecular weight is 322 g/mol. The highest BCUT2D eigenvalue weighted by Gasteiger charge is 2.13. The molecule has 14 heavy (non-hydrogen) atoms. The van der Waals surface area contributed by atoms with Crippen molar-refractivity contribution in [2.75, 3.05) is 0 Å².